The summed E-state index contributed by atoms with van der Waals surface area (Å²) in [5, 5.41) is 11.5. The molecule has 1 aliphatic rings. The summed E-state index contributed by atoms with van der Waals surface area (Å²) < 4.78 is 1.84. The average Bonchev–Trinajstić information content (AvgIpc) is 3.18. The second-order valence-electron chi connectivity index (χ2n) is 5.16. The fourth-order valence-electron chi connectivity index (χ4n) is 2.44. The Bertz CT molecular complexity index is 452. The molecule has 6 heteroatoms. The first kappa shape index (κ1) is 14.7. The quantitative estimate of drug-likeness (QED) is 0.718. The van der Waals surface area contributed by atoms with Gasteiger partial charge < -0.3 is 5.32 Å². The first-order chi connectivity index (χ1) is 9.21. The Kier molecular flexibility index (Phi) is 5.10. The van der Waals surface area contributed by atoms with Crippen molar-refractivity contribution >= 4 is 11.8 Å². The van der Waals surface area contributed by atoms with Gasteiger partial charge in [0.1, 0.15) is 0 Å². The molecule has 0 amide bonds. The Morgan fingerprint density at radius 1 is 1.53 bits per heavy atom. The molecule has 2 N–H and O–H groups in total. The van der Waals surface area contributed by atoms with Crippen LogP contribution in [0.5, 0.6) is 0 Å². The highest BCUT2D eigenvalue weighted by atomic mass is 32.2. The maximum absolute atomic E-state index is 11.8. The lowest BCUT2D eigenvalue weighted by Crippen LogP contribution is -2.35. The Balaban J connectivity index is 2.11. The van der Waals surface area contributed by atoms with Gasteiger partial charge in [0, 0.05) is 17.3 Å². The maximum atomic E-state index is 11.8. The first-order valence-electron chi connectivity index (χ1n) is 7.22. The van der Waals surface area contributed by atoms with E-state index in [-0.39, 0.29) is 5.69 Å². The van der Waals surface area contributed by atoms with Gasteiger partial charge >= 0.3 is 5.69 Å². The van der Waals surface area contributed by atoms with Gasteiger partial charge in [0.25, 0.3) is 0 Å². The minimum atomic E-state index is -0.0589. The first-order valence-corrected chi connectivity index (χ1v) is 8.10. The summed E-state index contributed by atoms with van der Waals surface area (Å²) in [6, 6.07) is 0.852. The summed E-state index contributed by atoms with van der Waals surface area (Å²) in [5.74, 6) is 0. The van der Waals surface area contributed by atoms with Gasteiger partial charge in [-0.1, -0.05) is 32.0 Å². The summed E-state index contributed by atoms with van der Waals surface area (Å²) >= 11 is 1.74. The Morgan fingerprint density at radius 2 is 2.26 bits per heavy atom. The predicted octanol–water partition coefficient (Wildman–Crippen LogP) is 2.17. The van der Waals surface area contributed by atoms with E-state index in [1.165, 1.54) is 6.42 Å². The molecule has 0 spiro atoms. The summed E-state index contributed by atoms with van der Waals surface area (Å²) in [6.07, 6.45) is 5.60. The van der Waals surface area contributed by atoms with Gasteiger partial charge in [0.2, 0.25) is 0 Å². The molecule has 2 rings (SSSR count). The maximum Gasteiger partial charge on any atom is 0.344 e. The van der Waals surface area contributed by atoms with Crippen molar-refractivity contribution < 1.29 is 0 Å². The van der Waals surface area contributed by atoms with Crippen molar-refractivity contribution in [3.05, 3.63) is 10.5 Å². The third-order valence-corrected chi connectivity index (χ3v) is 5.13. The molecule has 0 saturated heterocycles. The minimum Gasteiger partial charge on any atom is -0.316 e. The normalized spacial score (nSPS) is 18.5. The Labute approximate surface area is 118 Å². The van der Waals surface area contributed by atoms with Crippen LogP contribution >= 0.6 is 11.8 Å². The topological polar surface area (TPSA) is 62.7 Å². The van der Waals surface area contributed by atoms with Crippen LogP contribution in [0.25, 0.3) is 0 Å². The third kappa shape index (κ3) is 3.42. The molecule has 1 heterocycles. The number of hydrogen-bond donors (Lipinski definition) is 2. The van der Waals surface area contributed by atoms with Crippen LogP contribution < -0.4 is 11.0 Å². The van der Waals surface area contributed by atoms with Crippen LogP contribution in [0, 0.1) is 0 Å². The summed E-state index contributed by atoms with van der Waals surface area (Å²) in [4.78, 5) is 11.8. The molecular weight excluding hydrogens is 260 g/mol. The molecule has 5 nitrogen and oxygen atoms in total. The molecule has 19 heavy (non-hydrogen) atoms. The zero-order chi connectivity index (χ0) is 13.8. The van der Waals surface area contributed by atoms with Crippen molar-refractivity contribution in [1.82, 2.24) is 20.1 Å². The van der Waals surface area contributed by atoms with Crippen LogP contribution in [-0.2, 0) is 0 Å². The average molecular weight is 284 g/mol. The van der Waals surface area contributed by atoms with Gasteiger partial charge in [-0.15, -0.1) is 5.10 Å². The SMILES string of the molecule is CCCC(NC)C(CC)Sc1n[nH]c(=O)n1C1CC1. The Hall–Kier alpha value is -0.750. The molecule has 1 aliphatic carbocycles. The summed E-state index contributed by atoms with van der Waals surface area (Å²) in [7, 11) is 2.02. The molecule has 2 atom stereocenters. The third-order valence-electron chi connectivity index (χ3n) is 3.66. The van der Waals surface area contributed by atoms with Gasteiger partial charge in [-0.2, -0.15) is 0 Å². The highest BCUT2D eigenvalue weighted by Crippen LogP contribution is 2.37. The van der Waals surface area contributed by atoms with Gasteiger partial charge in [-0.25, -0.2) is 9.89 Å². The number of aromatic amines is 1. The fourth-order valence-corrected chi connectivity index (χ4v) is 3.76. The fraction of sp³-hybridized carbons (Fsp3) is 0.846. The second kappa shape index (κ2) is 6.61. The monoisotopic (exact) mass is 284 g/mol. The smallest absolute Gasteiger partial charge is 0.316 e. The van der Waals surface area contributed by atoms with Crippen LogP contribution in [0.2, 0.25) is 0 Å². The molecule has 1 aromatic heterocycles. The Morgan fingerprint density at radius 3 is 2.79 bits per heavy atom. The van der Waals surface area contributed by atoms with Gasteiger partial charge in [-0.05, 0) is 32.7 Å². The largest absolute Gasteiger partial charge is 0.344 e. The van der Waals surface area contributed by atoms with E-state index in [1.54, 1.807) is 11.8 Å². The van der Waals surface area contributed by atoms with Crippen LogP contribution in [0.15, 0.2) is 9.95 Å². The zero-order valence-corrected chi connectivity index (χ0v) is 12.8. The molecule has 1 saturated carbocycles. The van der Waals surface area contributed by atoms with Gasteiger partial charge in [-0.3, -0.25) is 4.57 Å². The summed E-state index contributed by atoms with van der Waals surface area (Å²) in [5.41, 5.74) is -0.0589. The van der Waals surface area contributed by atoms with Gasteiger partial charge in [0.05, 0.1) is 0 Å². The molecule has 0 aliphatic heterocycles. The molecule has 108 valence electrons. The van der Waals surface area contributed by atoms with Crippen molar-refractivity contribution in [2.24, 2.45) is 0 Å². The van der Waals surface area contributed by atoms with E-state index < -0.39 is 0 Å². The number of thioether (sulfide) groups is 1. The summed E-state index contributed by atoms with van der Waals surface area (Å²) in [6.45, 7) is 4.40. The number of nitrogens with zero attached hydrogens (tertiary/aromatic N) is 2. The second-order valence-corrected chi connectivity index (χ2v) is 6.37. The van der Waals surface area contributed by atoms with E-state index in [1.807, 2.05) is 11.6 Å². The van der Waals surface area contributed by atoms with E-state index in [0.717, 1.165) is 30.8 Å². The van der Waals surface area contributed by atoms with Crippen molar-refractivity contribution in [3.8, 4) is 0 Å². The molecule has 0 bridgehead atoms. The predicted molar refractivity (Wildman–Crippen MR) is 78.8 cm³/mol. The minimum absolute atomic E-state index is 0.0589. The van der Waals surface area contributed by atoms with E-state index in [2.05, 4.69) is 29.4 Å². The van der Waals surface area contributed by atoms with Crippen molar-refractivity contribution in [2.75, 3.05) is 7.05 Å². The van der Waals surface area contributed by atoms with Crippen LogP contribution in [-0.4, -0.2) is 33.1 Å². The molecule has 2 unspecified atom stereocenters. The highest BCUT2D eigenvalue weighted by molar-refractivity contribution is 7.99. The van der Waals surface area contributed by atoms with Crippen molar-refractivity contribution in [1.29, 1.82) is 0 Å². The molecular formula is C13H24N4OS. The molecule has 1 aromatic rings. The number of hydrogen-bond acceptors (Lipinski definition) is 4. The van der Waals surface area contributed by atoms with E-state index in [0.29, 0.717) is 17.3 Å². The van der Waals surface area contributed by atoms with Gasteiger partial charge in [0.15, 0.2) is 5.16 Å². The number of H-pyrrole nitrogens is 1. The number of aromatic nitrogens is 3. The number of rotatable bonds is 8. The van der Waals surface area contributed by atoms with Crippen molar-refractivity contribution in [3.63, 3.8) is 0 Å². The van der Waals surface area contributed by atoms with Crippen LogP contribution in [0.3, 0.4) is 0 Å². The lowest BCUT2D eigenvalue weighted by atomic mass is 10.1. The molecule has 0 radical (unpaired) electrons. The molecule has 0 aromatic carbocycles. The van der Waals surface area contributed by atoms with Crippen LogP contribution in [0.1, 0.15) is 52.0 Å². The molecule has 1 fully saturated rings. The lowest BCUT2D eigenvalue weighted by molar-refractivity contribution is 0.488. The van der Waals surface area contributed by atoms with E-state index in [9.17, 15) is 4.79 Å². The zero-order valence-electron chi connectivity index (χ0n) is 12.0. The standard InChI is InChI=1S/C13H24N4OS/c1-4-6-10(14-3)11(5-2)19-13-16-15-12(18)17(13)9-7-8-9/h9-11,14H,4-8H2,1-3H3,(H,15,18). The highest BCUT2D eigenvalue weighted by Gasteiger charge is 2.30. The van der Waals surface area contributed by atoms with E-state index >= 15 is 0 Å². The lowest BCUT2D eigenvalue weighted by Gasteiger charge is -2.24. The van der Waals surface area contributed by atoms with Crippen LogP contribution in [0.4, 0.5) is 0 Å². The van der Waals surface area contributed by atoms with E-state index in [4.69, 9.17) is 0 Å². The number of nitrogens with one attached hydrogen (secondary N) is 2. The van der Waals surface area contributed by atoms with Crippen molar-refractivity contribution in [2.45, 2.75) is 68.4 Å².